The monoisotopic (exact) mass is 288 g/mol. The molecule has 0 aromatic heterocycles. The molecule has 0 bridgehead atoms. The number of carboxylic acids is 1. The van der Waals surface area contributed by atoms with E-state index in [4.69, 9.17) is 9.84 Å². The quantitative estimate of drug-likeness (QED) is 0.733. The van der Waals surface area contributed by atoms with Crippen molar-refractivity contribution < 1.29 is 14.6 Å². The van der Waals surface area contributed by atoms with Crippen molar-refractivity contribution in [2.75, 3.05) is 6.61 Å². The van der Waals surface area contributed by atoms with Crippen LogP contribution < -0.4 is 4.74 Å². The summed E-state index contributed by atoms with van der Waals surface area (Å²) in [7, 11) is 0. The number of hydrogen-bond acceptors (Lipinski definition) is 2. The summed E-state index contributed by atoms with van der Waals surface area (Å²) in [5, 5.41) is 8.93. The van der Waals surface area contributed by atoms with Gasteiger partial charge in [0.05, 0.1) is 18.9 Å². The highest BCUT2D eigenvalue weighted by Crippen LogP contribution is 2.22. The molecule has 0 spiro atoms. The fraction of sp³-hybridized carbons (Fsp3) is 0.500. The van der Waals surface area contributed by atoms with Crippen LogP contribution in [-0.2, 0) is 4.79 Å². The molecule has 1 rings (SSSR count). The molecule has 0 saturated carbocycles. The van der Waals surface area contributed by atoms with E-state index in [1.807, 2.05) is 24.3 Å². The molecule has 0 aliphatic rings. The second-order valence-corrected chi connectivity index (χ2v) is 5.26. The zero-order valence-corrected chi connectivity index (χ0v) is 13.1. The van der Waals surface area contributed by atoms with E-state index in [1.165, 1.54) is 0 Å². The predicted octanol–water partition coefficient (Wildman–Crippen LogP) is 4.08. The van der Waals surface area contributed by atoms with Crippen molar-refractivity contribution in [2.24, 2.45) is 5.92 Å². The van der Waals surface area contributed by atoms with Gasteiger partial charge in [-0.05, 0) is 37.0 Å². The Kier molecular flexibility index (Phi) is 7.39. The van der Waals surface area contributed by atoms with Crippen molar-refractivity contribution in [3.63, 3.8) is 0 Å². The summed E-state index contributed by atoms with van der Waals surface area (Å²) in [6, 6.07) is 7.57. The van der Waals surface area contributed by atoms with Crippen LogP contribution in [0.1, 0.15) is 51.5 Å². The van der Waals surface area contributed by atoms with Crippen molar-refractivity contribution in [1.82, 2.24) is 0 Å². The SMILES string of the molecule is CC#CC(CC(=O)O)c1ccc(OCCC(C)CC)cc1. The summed E-state index contributed by atoms with van der Waals surface area (Å²) in [5.74, 6) is 6.13. The molecule has 0 heterocycles. The van der Waals surface area contributed by atoms with Crippen LogP contribution in [0.15, 0.2) is 24.3 Å². The van der Waals surface area contributed by atoms with E-state index in [0.29, 0.717) is 12.5 Å². The third-order valence-electron chi connectivity index (χ3n) is 3.56. The number of aliphatic carboxylic acids is 1. The maximum absolute atomic E-state index is 10.9. The first-order chi connectivity index (χ1) is 10.1. The van der Waals surface area contributed by atoms with Crippen LogP contribution >= 0.6 is 0 Å². The van der Waals surface area contributed by atoms with E-state index in [2.05, 4.69) is 25.7 Å². The van der Waals surface area contributed by atoms with Gasteiger partial charge >= 0.3 is 5.97 Å². The molecular formula is C18H24O3. The summed E-state index contributed by atoms with van der Waals surface area (Å²) in [5.41, 5.74) is 0.918. The van der Waals surface area contributed by atoms with Crippen LogP contribution in [-0.4, -0.2) is 17.7 Å². The molecule has 0 radical (unpaired) electrons. The first-order valence-corrected chi connectivity index (χ1v) is 7.43. The lowest BCUT2D eigenvalue weighted by atomic mass is 9.96. The van der Waals surface area contributed by atoms with Gasteiger partial charge in [-0.25, -0.2) is 0 Å². The minimum absolute atomic E-state index is 0.0229. The lowest BCUT2D eigenvalue weighted by molar-refractivity contribution is -0.137. The molecule has 0 aliphatic heterocycles. The van der Waals surface area contributed by atoms with Crippen LogP contribution in [0.5, 0.6) is 5.75 Å². The highest BCUT2D eigenvalue weighted by molar-refractivity contribution is 5.69. The first kappa shape index (κ1) is 17.1. The van der Waals surface area contributed by atoms with Gasteiger partial charge in [0, 0.05) is 0 Å². The second-order valence-electron chi connectivity index (χ2n) is 5.26. The number of hydrogen-bond donors (Lipinski definition) is 1. The standard InChI is InChI=1S/C18H24O3/c1-4-6-16(13-18(19)20)15-7-9-17(10-8-15)21-12-11-14(3)5-2/h7-10,14,16H,5,11-13H2,1-3H3,(H,19,20). The highest BCUT2D eigenvalue weighted by Gasteiger charge is 2.13. The Morgan fingerprint density at radius 3 is 2.52 bits per heavy atom. The minimum atomic E-state index is -0.836. The lowest BCUT2D eigenvalue weighted by Gasteiger charge is -2.12. The van der Waals surface area contributed by atoms with E-state index < -0.39 is 5.97 Å². The molecular weight excluding hydrogens is 264 g/mol. The van der Waals surface area contributed by atoms with Gasteiger partial charge in [-0.15, -0.1) is 5.92 Å². The predicted molar refractivity (Wildman–Crippen MR) is 84.5 cm³/mol. The van der Waals surface area contributed by atoms with Gasteiger partial charge < -0.3 is 9.84 Å². The van der Waals surface area contributed by atoms with Gasteiger partial charge in [0.2, 0.25) is 0 Å². The van der Waals surface area contributed by atoms with Gasteiger partial charge in [0.25, 0.3) is 0 Å². The molecule has 1 aromatic rings. The Balaban J connectivity index is 2.62. The van der Waals surface area contributed by atoms with Gasteiger partial charge in [-0.3, -0.25) is 4.79 Å². The maximum atomic E-state index is 10.9. The molecule has 3 nitrogen and oxygen atoms in total. The molecule has 0 amide bonds. The molecule has 2 unspecified atom stereocenters. The average Bonchev–Trinajstić information content (AvgIpc) is 2.47. The van der Waals surface area contributed by atoms with Crippen LogP contribution in [0, 0.1) is 17.8 Å². The van der Waals surface area contributed by atoms with Gasteiger partial charge in [-0.2, -0.15) is 0 Å². The molecule has 0 saturated heterocycles. The Morgan fingerprint density at radius 1 is 1.33 bits per heavy atom. The molecule has 21 heavy (non-hydrogen) atoms. The second kappa shape index (κ2) is 9.07. The first-order valence-electron chi connectivity index (χ1n) is 7.43. The molecule has 0 aliphatic carbocycles. The topological polar surface area (TPSA) is 46.5 Å². The van der Waals surface area contributed by atoms with Crippen LogP contribution in [0.4, 0.5) is 0 Å². The number of rotatable bonds is 8. The number of carboxylic acid groups (broad SMARTS) is 1. The largest absolute Gasteiger partial charge is 0.494 e. The van der Waals surface area contributed by atoms with Crippen LogP contribution in [0.3, 0.4) is 0 Å². The van der Waals surface area contributed by atoms with E-state index in [0.717, 1.165) is 24.2 Å². The molecule has 114 valence electrons. The van der Waals surface area contributed by atoms with Gasteiger partial charge in [0.1, 0.15) is 5.75 Å². The van der Waals surface area contributed by atoms with E-state index in [-0.39, 0.29) is 12.3 Å². The van der Waals surface area contributed by atoms with Crippen LogP contribution in [0.2, 0.25) is 0 Å². The number of carbonyl (C=O) groups is 1. The molecule has 3 heteroatoms. The van der Waals surface area contributed by atoms with E-state index in [1.54, 1.807) is 6.92 Å². The Morgan fingerprint density at radius 2 is 2.00 bits per heavy atom. The van der Waals surface area contributed by atoms with Crippen molar-refractivity contribution in [2.45, 2.75) is 46.0 Å². The third kappa shape index (κ3) is 6.35. The summed E-state index contributed by atoms with van der Waals surface area (Å²) in [6.07, 6.45) is 2.23. The average molecular weight is 288 g/mol. The van der Waals surface area contributed by atoms with Gasteiger partial charge in [0.15, 0.2) is 0 Å². The third-order valence-corrected chi connectivity index (χ3v) is 3.56. The van der Waals surface area contributed by atoms with Crippen molar-refractivity contribution in [1.29, 1.82) is 0 Å². The summed E-state index contributed by atoms with van der Waals surface area (Å²) in [6.45, 7) is 6.83. The fourth-order valence-corrected chi connectivity index (χ4v) is 1.98. The number of benzene rings is 1. The van der Waals surface area contributed by atoms with Crippen molar-refractivity contribution in [3.8, 4) is 17.6 Å². The van der Waals surface area contributed by atoms with Gasteiger partial charge in [-0.1, -0.05) is 38.3 Å². The Labute approximate surface area is 127 Å². The summed E-state index contributed by atoms with van der Waals surface area (Å²) < 4.78 is 5.70. The fourth-order valence-electron chi connectivity index (χ4n) is 1.98. The molecule has 1 aromatic carbocycles. The van der Waals surface area contributed by atoms with E-state index >= 15 is 0 Å². The highest BCUT2D eigenvalue weighted by atomic mass is 16.5. The maximum Gasteiger partial charge on any atom is 0.304 e. The summed E-state index contributed by atoms with van der Waals surface area (Å²) >= 11 is 0. The van der Waals surface area contributed by atoms with Crippen LogP contribution in [0.25, 0.3) is 0 Å². The zero-order valence-electron chi connectivity index (χ0n) is 13.1. The minimum Gasteiger partial charge on any atom is -0.494 e. The molecule has 2 atom stereocenters. The zero-order chi connectivity index (χ0) is 15.7. The lowest BCUT2D eigenvalue weighted by Crippen LogP contribution is -2.05. The Hall–Kier alpha value is -1.95. The van der Waals surface area contributed by atoms with Crippen molar-refractivity contribution in [3.05, 3.63) is 29.8 Å². The van der Waals surface area contributed by atoms with E-state index in [9.17, 15) is 4.79 Å². The Bertz CT molecular complexity index is 493. The summed E-state index contributed by atoms with van der Waals surface area (Å²) in [4.78, 5) is 10.9. The normalized spacial score (nSPS) is 12.9. The van der Waals surface area contributed by atoms with Crippen molar-refractivity contribution >= 4 is 5.97 Å². The number of ether oxygens (including phenoxy) is 1. The smallest absolute Gasteiger partial charge is 0.304 e. The molecule has 1 N–H and O–H groups in total. The molecule has 0 fully saturated rings.